The first-order chi connectivity index (χ1) is 10.1. The lowest BCUT2D eigenvalue weighted by atomic mass is 10.1. The van der Waals surface area contributed by atoms with E-state index in [0.29, 0.717) is 13.2 Å². The monoisotopic (exact) mass is 306 g/mol. The summed E-state index contributed by atoms with van der Waals surface area (Å²) in [4.78, 5) is 0. The van der Waals surface area contributed by atoms with Crippen LogP contribution in [0.1, 0.15) is 17.4 Å². The van der Waals surface area contributed by atoms with E-state index in [1.54, 1.807) is 11.8 Å². The molecule has 2 N–H and O–H groups in total. The molecule has 0 aliphatic carbocycles. The van der Waals surface area contributed by atoms with Crippen LogP contribution >= 0.6 is 11.8 Å². The highest BCUT2D eigenvalue weighted by Crippen LogP contribution is 2.33. The van der Waals surface area contributed by atoms with Crippen molar-refractivity contribution in [2.75, 3.05) is 19.0 Å². The average molecular weight is 306 g/mol. The highest BCUT2D eigenvalue weighted by molar-refractivity contribution is 7.99. The third-order valence-electron chi connectivity index (χ3n) is 3.44. The van der Waals surface area contributed by atoms with E-state index < -0.39 is 0 Å². The van der Waals surface area contributed by atoms with Gasteiger partial charge in [-0.25, -0.2) is 0 Å². The van der Waals surface area contributed by atoms with Gasteiger partial charge in [0, 0.05) is 18.8 Å². The minimum absolute atomic E-state index is 0.0946. The molecular formula is C14H18N4O2S. The third-order valence-corrected chi connectivity index (χ3v) is 4.58. The van der Waals surface area contributed by atoms with E-state index in [1.165, 1.54) is 0 Å². The molecule has 0 saturated carbocycles. The summed E-state index contributed by atoms with van der Waals surface area (Å²) in [6.45, 7) is 3.11. The van der Waals surface area contributed by atoms with Crippen molar-refractivity contribution in [3.8, 4) is 11.5 Å². The number of benzene rings is 1. The number of nitrogens with zero attached hydrogens (tertiary/aromatic N) is 3. The van der Waals surface area contributed by atoms with Crippen LogP contribution in [0.4, 0.5) is 0 Å². The molecule has 6 nitrogen and oxygen atoms in total. The van der Waals surface area contributed by atoms with Gasteiger partial charge in [-0.3, -0.25) is 0 Å². The highest BCUT2D eigenvalue weighted by Gasteiger charge is 2.16. The summed E-state index contributed by atoms with van der Waals surface area (Å²) in [5, 5.41) is 9.04. The van der Waals surface area contributed by atoms with Gasteiger partial charge in [0.1, 0.15) is 19.0 Å². The van der Waals surface area contributed by atoms with Crippen LogP contribution in [-0.2, 0) is 7.05 Å². The van der Waals surface area contributed by atoms with Crippen molar-refractivity contribution in [2.45, 2.75) is 18.1 Å². The number of rotatable bonds is 4. The van der Waals surface area contributed by atoms with Gasteiger partial charge in [0.25, 0.3) is 0 Å². The van der Waals surface area contributed by atoms with E-state index >= 15 is 0 Å². The molecule has 0 saturated heterocycles. The van der Waals surface area contributed by atoms with Crippen LogP contribution in [0.2, 0.25) is 0 Å². The molecule has 21 heavy (non-hydrogen) atoms. The van der Waals surface area contributed by atoms with Gasteiger partial charge in [-0.05, 0) is 24.6 Å². The maximum absolute atomic E-state index is 6.26. The summed E-state index contributed by atoms with van der Waals surface area (Å²) in [6, 6.07) is 5.77. The Balaban J connectivity index is 1.68. The van der Waals surface area contributed by atoms with Crippen molar-refractivity contribution in [1.82, 2.24) is 14.8 Å². The Labute approximate surface area is 127 Å². The van der Waals surface area contributed by atoms with Crippen molar-refractivity contribution in [2.24, 2.45) is 12.8 Å². The SMILES string of the molecule is Cc1nnc(SCC(N)c2ccc3c(c2)OCCO3)n1C. The second-order valence-electron chi connectivity index (χ2n) is 4.91. The van der Waals surface area contributed by atoms with Crippen molar-refractivity contribution in [1.29, 1.82) is 0 Å². The zero-order valence-corrected chi connectivity index (χ0v) is 12.9. The predicted octanol–water partition coefficient (Wildman–Crippen LogP) is 1.69. The molecule has 3 rings (SSSR count). The molecule has 1 aliphatic heterocycles. The Morgan fingerprint density at radius 1 is 1.29 bits per heavy atom. The van der Waals surface area contributed by atoms with E-state index in [-0.39, 0.29) is 6.04 Å². The molecule has 0 radical (unpaired) electrons. The van der Waals surface area contributed by atoms with Gasteiger partial charge in [-0.15, -0.1) is 10.2 Å². The Morgan fingerprint density at radius 3 is 2.76 bits per heavy atom. The smallest absolute Gasteiger partial charge is 0.191 e. The first kappa shape index (κ1) is 14.2. The van der Waals surface area contributed by atoms with Crippen LogP contribution in [0, 0.1) is 6.92 Å². The minimum Gasteiger partial charge on any atom is -0.486 e. The molecule has 112 valence electrons. The Bertz CT molecular complexity index is 644. The second kappa shape index (κ2) is 5.95. The standard InChI is InChI=1S/C14H18N4O2S/c1-9-16-17-14(18(9)2)21-8-11(15)10-3-4-12-13(7-10)20-6-5-19-12/h3-4,7,11H,5-6,8,15H2,1-2H3. The molecule has 2 heterocycles. The summed E-state index contributed by atoms with van der Waals surface area (Å²) in [5.74, 6) is 3.18. The number of aromatic nitrogens is 3. The zero-order chi connectivity index (χ0) is 14.8. The maximum Gasteiger partial charge on any atom is 0.191 e. The van der Waals surface area contributed by atoms with Crippen LogP contribution in [0.3, 0.4) is 0 Å². The Hall–Kier alpha value is -1.73. The van der Waals surface area contributed by atoms with Crippen molar-refractivity contribution in [3.63, 3.8) is 0 Å². The lowest BCUT2D eigenvalue weighted by molar-refractivity contribution is 0.171. The van der Waals surface area contributed by atoms with Gasteiger partial charge in [0.2, 0.25) is 0 Å². The fourth-order valence-corrected chi connectivity index (χ4v) is 3.01. The summed E-state index contributed by atoms with van der Waals surface area (Å²) < 4.78 is 13.1. The van der Waals surface area contributed by atoms with E-state index in [0.717, 1.165) is 33.8 Å². The van der Waals surface area contributed by atoms with Crippen LogP contribution in [-0.4, -0.2) is 33.7 Å². The number of aryl methyl sites for hydroxylation is 1. The third kappa shape index (κ3) is 2.98. The molecular weight excluding hydrogens is 288 g/mol. The van der Waals surface area contributed by atoms with Crippen molar-refractivity contribution in [3.05, 3.63) is 29.6 Å². The van der Waals surface area contributed by atoms with Gasteiger partial charge in [0.15, 0.2) is 16.7 Å². The van der Waals surface area contributed by atoms with Gasteiger partial charge >= 0.3 is 0 Å². The van der Waals surface area contributed by atoms with E-state index in [2.05, 4.69) is 10.2 Å². The van der Waals surface area contributed by atoms with Gasteiger partial charge in [-0.2, -0.15) is 0 Å². The van der Waals surface area contributed by atoms with Gasteiger partial charge in [-0.1, -0.05) is 17.8 Å². The molecule has 0 bridgehead atoms. The number of ether oxygens (including phenoxy) is 2. The number of hydrogen-bond acceptors (Lipinski definition) is 6. The topological polar surface area (TPSA) is 75.2 Å². The Kier molecular flexibility index (Phi) is 4.03. The highest BCUT2D eigenvalue weighted by atomic mass is 32.2. The van der Waals surface area contributed by atoms with E-state index in [4.69, 9.17) is 15.2 Å². The van der Waals surface area contributed by atoms with Crippen LogP contribution in [0.5, 0.6) is 11.5 Å². The number of nitrogens with two attached hydrogens (primary N) is 1. The number of thioether (sulfide) groups is 1. The normalized spacial score (nSPS) is 15.0. The molecule has 0 spiro atoms. The molecule has 1 unspecified atom stereocenters. The first-order valence-corrected chi connectivity index (χ1v) is 7.77. The van der Waals surface area contributed by atoms with Gasteiger partial charge < -0.3 is 19.8 Å². The molecule has 1 aliphatic rings. The number of fused-ring (bicyclic) bond motifs is 1. The molecule has 1 aromatic carbocycles. The summed E-state index contributed by atoms with van der Waals surface area (Å²) in [6.07, 6.45) is 0. The Morgan fingerprint density at radius 2 is 2.05 bits per heavy atom. The maximum atomic E-state index is 6.26. The molecule has 0 amide bonds. The average Bonchev–Trinajstić information content (AvgIpc) is 2.84. The molecule has 1 aromatic heterocycles. The minimum atomic E-state index is -0.0946. The summed E-state index contributed by atoms with van der Waals surface area (Å²) in [5.41, 5.74) is 7.29. The quantitative estimate of drug-likeness (QED) is 0.866. The summed E-state index contributed by atoms with van der Waals surface area (Å²) in [7, 11) is 1.95. The zero-order valence-electron chi connectivity index (χ0n) is 12.1. The van der Waals surface area contributed by atoms with Crippen molar-refractivity contribution >= 4 is 11.8 Å². The van der Waals surface area contributed by atoms with Gasteiger partial charge in [0.05, 0.1) is 0 Å². The number of hydrogen-bond donors (Lipinski definition) is 1. The molecule has 1 atom stereocenters. The van der Waals surface area contributed by atoms with Crippen LogP contribution < -0.4 is 15.2 Å². The largest absolute Gasteiger partial charge is 0.486 e. The fraction of sp³-hybridized carbons (Fsp3) is 0.429. The van der Waals surface area contributed by atoms with Crippen molar-refractivity contribution < 1.29 is 9.47 Å². The molecule has 2 aromatic rings. The second-order valence-corrected chi connectivity index (χ2v) is 5.90. The summed E-state index contributed by atoms with van der Waals surface area (Å²) >= 11 is 1.60. The lowest BCUT2D eigenvalue weighted by Gasteiger charge is -2.20. The lowest BCUT2D eigenvalue weighted by Crippen LogP contribution is -2.17. The first-order valence-electron chi connectivity index (χ1n) is 6.79. The molecule has 7 heteroatoms. The van der Waals surface area contributed by atoms with Crippen LogP contribution in [0.25, 0.3) is 0 Å². The molecule has 0 fully saturated rings. The predicted molar refractivity (Wildman–Crippen MR) is 80.8 cm³/mol. The van der Waals surface area contributed by atoms with E-state index in [9.17, 15) is 0 Å². The van der Waals surface area contributed by atoms with E-state index in [1.807, 2.05) is 36.7 Å². The van der Waals surface area contributed by atoms with Crippen LogP contribution in [0.15, 0.2) is 23.4 Å². The fourth-order valence-electron chi connectivity index (χ4n) is 2.06.